The van der Waals surface area contributed by atoms with E-state index in [0.29, 0.717) is 28.3 Å². The molecular weight excluding hydrogens is 456 g/mol. The maximum absolute atomic E-state index is 13.0. The van der Waals surface area contributed by atoms with E-state index in [9.17, 15) is 13.2 Å². The van der Waals surface area contributed by atoms with Crippen LogP contribution in [0.4, 0.5) is 0 Å². The number of hydrogen-bond donors (Lipinski definition) is 0. The normalized spacial score (nSPS) is 13.2. The van der Waals surface area contributed by atoms with Crippen molar-refractivity contribution in [2.24, 2.45) is 0 Å². The van der Waals surface area contributed by atoms with Crippen LogP contribution >= 0.6 is 11.6 Å². The highest BCUT2D eigenvalue weighted by Crippen LogP contribution is 2.27. The first kappa shape index (κ1) is 25.2. The fourth-order valence-corrected chi connectivity index (χ4v) is 4.95. The van der Waals surface area contributed by atoms with E-state index in [2.05, 4.69) is 26.8 Å². The summed E-state index contributed by atoms with van der Waals surface area (Å²) in [5, 5.41) is 5.44. The maximum Gasteiger partial charge on any atom is 0.175 e. The minimum absolute atomic E-state index is 0.0951. The molecule has 1 heterocycles. The number of aryl methyl sites for hydroxylation is 2. The third-order valence-electron chi connectivity index (χ3n) is 5.81. The number of rotatable bonds is 7. The quantitative estimate of drug-likeness (QED) is 0.420. The van der Waals surface area contributed by atoms with Gasteiger partial charge in [-0.15, -0.1) is 0 Å². The molecule has 0 saturated carbocycles. The molecule has 33 heavy (non-hydrogen) atoms. The monoisotopic (exact) mass is 486 g/mol. The van der Waals surface area contributed by atoms with Crippen molar-refractivity contribution in [3.8, 4) is 5.69 Å². The Labute approximate surface area is 201 Å². The van der Waals surface area contributed by atoms with E-state index in [1.165, 1.54) is 6.26 Å². The van der Waals surface area contributed by atoms with Gasteiger partial charge in [-0.2, -0.15) is 5.10 Å². The van der Waals surface area contributed by atoms with Gasteiger partial charge in [0.2, 0.25) is 0 Å². The molecular formula is C26H31ClN2O3S. The molecule has 0 saturated heterocycles. The molecule has 0 bridgehead atoms. The molecule has 1 aromatic heterocycles. The Hall–Kier alpha value is -2.44. The minimum Gasteiger partial charge on any atom is -0.299 e. The van der Waals surface area contributed by atoms with Crippen LogP contribution in [0.1, 0.15) is 62.5 Å². The fraction of sp³-hybridized carbons (Fsp3) is 0.385. The number of Topliss-reactive ketones (excluding diaryl/α,β-unsaturated/α-hetero) is 1. The Balaban J connectivity index is 1.83. The van der Waals surface area contributed by atoms with Gasteiger partial charge in [0.05, 0.1) is 16.3 Å². The summed E-state index contributed by atoms with van der Waals surface area (Å²) in [4.78, 5) is 13.3. The number of aromatic nitrogens is 2. The van der Waals surface area contributed by atoms with Crippen molar-refractivity contribution in [3.05, 3.63) is 76.1 Å². The van der Waals surface area contributed by atoms with Crippen molar-refractivity contribution in [3.63, 3.8) is 0 Å². The van der Waals surface area contributed by atoms with E-state index in [1.54, 1.807) is 25.1 Å². The molecule has 0 aliphatic rings. The van der Waals surface area contributed by atoms with E-state index < -0.39 is 9.84 Å². The second-order valence-electron chi connectivity index (χ2n) is 9.65. The average Bonchev–Trinajstić information content (AvgIpc) is 3.15. The van der Waals surface area contributed by atoms with Crippen LogP contribution in [-0.2, 0) is 26.5 Å². The van der Waals surface area contributed by atoms with Gasteiger partial charge in [0.1, 0.15) is 5.78 Å². The molecule has 0 N–H and O–H groups in total. The Morgan fingerprint density at radius 1 is 1.12 bits per heavy atom. The van der Waals surface area contributed by atoms with Crippen molar-refractivity contribution in [2.75, 3.05) is 6.26 Å². The molecule has 0 spiro atoms. The summed E-state index contributed by atoms with van der Waals surface area (Å²) in [5.41, 5.74) is 4.11. The molecule has 0 amide bonds. The predicted octanol–water partition coefficient (Wildman–Crippen LogP) is 5.84. The zero-order valence-corrected chi connectivity index (χ0v) is 21.6. The highest BCUT2D eigenvalue weighted by molar-refractivity contribution is 7.90. The highest BCUT2D eigenvalue weighted by atomic mass is 35.5. The predicted molar refractivity (Wildman–Crippen MR) is 133 cm³/mol. The number of ketones is 1. The summed E-state index contributed by atoms with van der Waals surface area (Å²) < 4.78 is 25.6. The average molecular weight is 487 g/mol. The smallest absolute Gasteiger partial charge is 0.175 e. The molecule has 2 aromatic carbocycles. The number of nitrogens with zero attached hydrogens (tertiary/aromatic N) is 2. The SMILES string of the molecule is Cc1cc(C(C)C(=O)CCc2cc(C(C)(C)C)nn2-c2cccc(Cl)c2)ccc1S(C)(=O)=O. The molecule has 5 nitrogen and oxygen atoms in total. The van der Waals surface area contributed by atoms with Gasteiger partial charge < -0.3 is 0 Å². The molecule has 0 aliphatic heterocycles. The van der Waals surface area contributed by atoms with Crippen LogP contribution in [0, 0.1) is 6.92 Å². The summed E-state index contributed by atoms with van der Waals surface area (Å²) >= 11 is 6.20. The van der Waals surface area contributed by atoms with Gasteiger partial charge in [-0.1, -0.05) is 57.5 Å². The van der Waals surface area contributed by atoms with Crippen molar-refractivity contribution in [2.45, 2.75) is 63.7 Å². The van der Waals surface area contributed by atoms with E-state index in [-0.39, 0.29) is 17.1 Å². The first-order valence-corrected chi connectivity index (χ1v) is 13.2. The van der Waals surface area contributed by atoms with Crippen LogP contribution in [0.15, 0.2) is 53.4 Å². The van der Waals surface area contributed by atoms with Gasteiger partial charge in [-0.05, 0) is 54.8 Å². The fourth-order valence-electron chi connectivity index (χ4n) is 3.81. The Kier molecular flexibility index (Phi) is 7.20. The molecule has 1 atom stereocenters. The van der Waals surface area contributed by atoms with Crippen molar-refractivity contribution in [1.29, 1.82) is 0 Å². The second kappa shape index (κ2) is 9.43. The lowest BCUT2D eigenvalue weighted by Gasteiger charge is -2.14. The van der Waals surface area contributed by atoms with Gasteiger partial charge in [-0.25, -0.2) is 13.1 Å². The lowest BCUT2D eigenvalue weighted by atomic mass is 9.91. The van der Waals surface area contributed by atoms with Crippen LogP contribution in [0.2, 0.25) is 5.02 Å². The lowest BCUT2D eigenvalue weighted by Crippen LogP contribution is -2.13. The molecule has 1 unspecified atom stereocenters. The van der Waals surface area contributed by atoms with E-state index in [4.69, 9.17) is 16.7 Å². The Morgan fingerprint density at radius 2 is 1.82 bits per heavy atom. The summed E-state index contributed by atoms with van der Waals surface area (Å²) in [6.45, 7) is 9.95. The minimum atomic E-state index is -3.29. The number of carbonyl (C=O) groups excluding carboxylic acids is 1. The molecule has 3 aromatic rings. The third-order valence-corrected chi connectivity index (χ3v) is 7.31. The van der Waals surface area contributed by atoms with E-state index in [0.717, 1.165) is 22.6 Å². The zero-order chi connectivity index (χ0) is 24.6. The highest BCUT2D eigenvalue weighted by Gasteiger charge is 2.23. The van der Waals surface area contributed by atoms with Crippen LogP contribution < -0.4 is 0 Å². The molecule has 3 rings (SSSR count). The molecule has 0 radical (unpaired) electrons. The topological polar surface area (TPSA) is 69.0 Å². The van der Waals surface area contributed by atoms with E-state index in [1.807, 2.05) is 35.9 Å². The van der Waals surface area contributed by atoms with Gasteiger partial charge in [0, 0.05) is 34.7 Å². The van der Waals surface area contributed by atoms with Gasteiger partial charge in [0.25, 0.3) is 0 Å². The van der Waals surface area contributed by atoms with Crippen LogP contribution in [0.5, 0.6) is 0 Å². The molecule has 176 valence electrons. The Morgan fingerprint density at radius 3 is 2.39 bits per heavy atom. The largest absolute Gasteiger partial charge is 0.299 e. The van der Waals surface area contributed by atoms with E-state index >= 15 is 0 Å². The van der Waals surface area contributed by atoms with Crippen LogP contribution in [0.25, 0.3) is 5.69 Å². The maximum atomic E-state index is 13.0. The lowest BCUT2D eigenvalue weighted by molar-refractivity contribution is -0.120. The van der Waals surface area contributed by atoms with Crippen molar-refractivity contribution < 1.29 is 13.2 Å². The van der Waals surface area contributed by atoms with Crippen LogP contribution in [-0.4, -0.2) is 30.2 Å². The number of carbonyl (C=O) groups is 1. The van der Waals surface area contributed by atoms with Crippen molar-refractivity contribution >= 4 is 27.2 Å². The number of hydrogen-bond acceptors (Lipinski definition) is 4. The number of halogens is 1. The van der Waals surface area contributed by atoms with Gasteiger partial charge >= 0.3 is 0 Å². The number of benzene rings is 2. The van der Waals surface area contributed by atoms with Gasteiger partial charge in [0.15, 0.2) is 9.84 Å². The summed E-state index contributed by atoms with van der Waals surface area (Å²) in [6, 6.07) is 14.7. The first-order valence-electron chi connectivity index (χ1n) is 11.0. The number of sulfone groups is 1. The Bertz CT molecular complexity index is 1290. The standard InChI is InChI=1S/C26H31ClN2O3S/c1-17-14-19(10-13-24(17)33(6,31)32)18(2)23(30)12-11-22-16-25(26(3,4)5)28-29(22)21-9-7-8-20(27)15-21/h7-10,13-16,18H,11-12H2,1-6H3. The second-order valence-corrected chi connectivity index (χ2v) is 12.1. The molecule has 0 aliphatic carbocycles. The summed E-state index contributed by atoms with van der Waals surface area (Å²) in [5.74, 6) is -0.236. The van der Waals surface area contributed by atoms with Gasteiger partial charge in [-0.3, -0.25) is 4.79 Å². The molecule has 0 fully saturated rings. The zero-order valence-electron chi connectivity index (χ0n) is 20.0. The van der Waals surface area contributed by atoms with Crippen LogP contribution in [0.3, 0.4) is 0 Å². The summed E-state index contributed by atoms with van der Waals surface area (Å²) in [7, 11) is -3.29. The van der Waals surface area contributed by atoms with Crippen molar-refractivity contribution in [1.82, 2.24) is 9.78 Å². The first-order chi connectivity index (χ1) is 15.3. The molecule has 7 heteroatoms. The summed E-state index contributed by atoms with van der Waals surface area (Å²) in [6.07, 6.45) is 2.08. The third kappa shape index (κ3) is 5.92.